The molecule has 0 N–H and O–H groups in total. The van der Waals surface area contributed by atoms with Crippen molar-refractivity contribution < 1.29 is 28.6 Å². The number of allylic oxidation sites excluding steroid dienone is 12. The number of hydrogen-bond donors (Lipinski definition) is 0. The maximum absolute atomic E-state index is 12.8. The minimum Gasteiger partial charge on any atom is -0.462 e. The van der Waals surface area contributed by atoms with E-state index in [-0.39, 0.29) is 31.1 Å². The second kappa shape index (κ2) is 48.5. The number of esters is 3. The number of ether oxygens (including phenoxy) is 3. The maximum Gasteiger partial charge on any atom is 0.306 e. The summed E-state index contributed by atoms with van der Waals surface area (Å²) >= 11 is 0. The summed E-state index contributed by atoms with van der Waals surface area (Å²) in [6.45, 7) is 6.42. The molecule has 0 aliphatic rings. The molecule has 6 nitrogen and oxygen atoms in total. The second-order valence-corrected chi connectivity index (χ2v) is 16.4. The molecule has 344 valence electrons. The molecule has 0 aromatic carbocycles. The van der Waals surface area contributed by atoms with Crippen molar-refractivity contribution in [2.45, 2.75) is 239 Å². The Labute approximate surface area is 370 Å². The lowest BCUT2D eigenvalue weighted by Crippen LogP contribution is -2.30. The first-order valence-corrected chi connectivity index (χ1v) is 25.0. The van der Waals surface area contributed by atoms with E-state index in [0.717, 1.165) is 103 Å². The lowest BCUT2D eigenvalue weighted by molar-refractivity contribution is -0.167. The molecule has 6 heteroatoms. The Hall–Kier alpha value is -3.15. The predicted octanol–water partition coefficient (Wildman–Crippen LogP) is 16.3. The number of carbonyl (C=O) groups excluding carboxylic acids is 3. The van der Waals surface area contributed by atoms with Crippen LogP contribution in [0.4, 0.5) is 0 Å². The second-order valence-electron chi connectivity index (χ2n) is 16.4. The fourth-order valence-electron chi connectivity index (χ4n) is 6.72. The van der Waals surface area contributed by atoms with E-state index in [1.54, 1.807) is 0 Å². The highest BCUT2D eigenvalue weighted by atomic mass is 16.6. The van der Waals surface area contributed by atoms with E-state index >= 15 is 0 Å². The van der Waals surface area contributed by atoms with E-state index in [4.69, 9.17) is 14.2 Å². The van der Waals surface area contributed by atoms with Crippen molar-refractivity contribution in [2.75, 3.05) is 13.2 Å². The average molecular weight is 837 g/mol. The zero-order valence-electron chi connectivity index (χ0n) is 39.2. The quantitative estimate of drug-likeness (QED) is 0.0200. The molecule has 0 spiro atoms. The molecule has 0 aliphatic heterocycles. The van der Waals surface area contributed by atoms with Gasteiger partial charge in [-0.3, -0.25) is 14.4 Å². The molecule has 0 aromatic rings. The molecule has 0 bridgehead atoms. The highest BCUT2D eigenvalue weighted by Crippen LogP contribution is 2.13. The Morgan fingerprint density at radius 2 is 0.667 bits per heavy atom. The molecule has 0 amide bonds. The molecular weight excluding hydrogens is 745 g/mol. The van der Waals surface area contributed by atoms with Crippen LogP contribution < -0.4 is 0 Å². The van der Waals surface area contributed by atoms with Crippen LogP contribution in [0.25, 0.3) is 0 Å². The van der Waals surface area contributed by atoms with Gasteiger partial charge in [-0.1, -0.05) is 196 Å². The normalized spacial score (nSPS) is 12.7. The smallest absolute Gasteiger partial charge is 0.306 e. The lowest BCUT2D eigenvalue weighted by Gasteiger charge is -2.18. The number of rotatable bonds is 44. The fourth-order valence-corrected chi connectivity index (χ4v) is 6.72. The first kappa shape index (κ1) is 56.9. The third-order valence-electron chi connectivity index (χ3n) is 10.5. The summed E-state index contributed by atoms with van der Waals surface area (Å²) in [4.78, 5) is 37.9. The summed E-state index contributed by atoms with van der Waals surface area (Å²) in [5.74, 6) is -0.943. The van der Waals surface area contributed by atoms with Gasteiger partial charge < -0.3 is 14.2 Å². The lowest BCUT2D eigenvalue weighted by atomic mass is 10.1. The van der Waals surface area contributed by atoms with Gasteiger partial charge in [0.25, 0.3) is 0 Å². The largest absolute Gasteiger partial charge is 0.462 e. The van der Waals surface area contributed by atoms with E-state index in [9.17, 15) is 14.4 Å². The molecule has 0 aromatic heterocycles. The molecule has 60 heavy (non-hydrogen) atoms. The number of unbranched alkanes of at least 4 members (excludes halogenated alkanes) is 24. The van der Waals surface area contributed by atoms with Crippen molar-refractivity contribution in [3.8, 4) is 0 Å². The van der Waals surface area contributed by atoms with Crippen molar-refractivity contribution >= 4 is 17.9 Å². The van der Waals surface area contributed by atoms with Gasteiger partial charge in [-0.2, -0.15) is 0 Å². The minimum absolute atomic E-state index is 0.0947. The van der Waals surface area contributed by atoms with Crippen LogP contribution in [0.5, 0.6) is 0 Å². The summed E-state index contributed by atoms with van der Waals surface area (Å²) in [6.07, 6.45) is 60.2. The van der Waals surface area contributed by atoms with Gasteiger partial charge in [0.1, 0.15) is 13.2 Å². The van der Waals surface area contributed by atoms with Crippen molar-refractivity contribution in [1.82, 2.24) is 0 Å². The van der Waals surface area contributed by atoms with E-state index in [1.807, 2.05) is 0 Å². The monoisotopic (exact) mass is 837 g/mol. The molecule has 1 unspecified atom stereocenters. The van der Waals surface area contributed by atoms with E-state index < -0.39 is 6.10 Å². The van der Waals surface area contributed by atoms with Gasteiger partial charge in [0.05, 0.1) is 0 Å². The van der Waals surface area contributed by atoms with Crippen molar-refractivity contribution in [3.63, 3.8) is 0 Å². The van der Waals surface area contributed by atoms with Crippen LogP contribution in [0, 0.1) is 0 Å². The summed E-state index contributed by atoms with van der Waals surface area (Å²) in [5, 5.41) is 0. The van der Waals surface area contributed by atoms with Crippen LogP contribution in [0.15, 0.2) is 72.9 Å². The van der Waals surface area contributed by atoms with Crippen LogP contribution in [-0.2, 0) is 28.6 Å². The zero-order valence-corrected chi connectivity index (χ0v) is 39.2. The van der Waals surface area contributed by atoms with Gasteiger partial charge in [-0.05, 0) is 89.9 Å². The summed E-state index contributed by atoms with van der Waals surface area (Å²) < 4.78 is 16.7. The van der Waals surface area contributed by atoms with E-state index in [2.05, 4.69) is 93.7 Å². The van der Waals surface area contributed by atoms with E-state index in [1.165, 1.54) is 89.9 Å². The van der Waals surface area contributed by atoms with Gasteiger partial charge in [-0.15, -0.1) is 0 Å². The molecule has 0 rings (SSSR count). The van der Waals surface area contributed by atoms with Crippen molar-refractivity contribution in [3.05, 3.63) is 72.9 Å². The number of carbonyl (C=O) groups is 3. The third-order valence-corrected chi connectivity index (χ3v) is 10.5. The summed E-state index contributed by atoms with van der Waals surface area (Å²) in [7, 11) is 0. The van der Waals surface area contributed by atoms with Gasteiger partial charge in [0, 0.05) is 19.3 Å². The first-order valence-electron chi connectivity index (χ1n) is 25.0. The van der Waals surface area contributed by atoms with Crippen LogP contribution in [-0.4, -0.2) is 37.2 Å². The fraction of sp³-hybridized carbons (Fsp3) is 0.722. The van der Waals surface area contributed by atoms with Gasteiger partial charge >= 0.3 is 17.9 Å². The van der Waals surface area contributed by atoms with Crippen LogP contribution in [0.2, 0.25) is 0 Å². The molecule has 0 heterocycles. The average Bonchev–Trinajstić information content (AvgIpc) is 3.24. The van der Waals surface area contributed by atoms with E-state index in [0.29, 0.717) is 19.3 Å². The Balaban J connectivity index is 4.45. The summed E-state index contributed by atoms with van der Waals surface area (Å²) in [5.41, 5.74) is 0. The maximum atomic E-state index is 12.8. The standard InChI is InChI=1S/C54H92O6/c1-4-7-10-13-16-19-22-25-27-30-32-35-38-41-44-47-53(56)59-50-51(49-58-52(55)46-43-40-37-34-31-28-24-21-18-15-12-9-6-3)60-54(57)48-45-42-39-36-33-29-26-23-20-17-14-11-8-5-2/h9,12,15-16,18-19,21-22,24-25,29,33,51H,4-8,10-11,13-14,17,20,23,26-28,30-32,34-50H2,1-3H3/b12-9-,18-15-,19-16-,24-21-,25-22-,33-29-. The van der Waals surface area contributed by atoms with Crippen LogP contribution in [0.3, 0.4) is 0 Å². The van der Waals surface area contributed by atoms with Gasteiger partial charge in [-0.25, -0.2) is 0 Å². The topological polar surface area (TPSA) is 78.9 Å². The molecule has 0 saturated heterocycles. The highest BCUT2D eigenvalue weighted by molar-refractivity contribution is 5.71. The SMILES string of the molecule is CC\C=C/C=C\C=C/CCCCCCCC(=O)OCC(COC(=O)CCCCCCCC/C=C\C=C/CCCCC)OC(=O)CCCCC/C=C\CCCCCCCCC. The molecular formula is C54H92O6. The highest BCUT2D eigenvalue weighted by Gasteiger charge is 2.19. The predicted molar refractivity (Wildman–Crippen MR) is 256 cm³/mol. The van der Waals surface area contributed by atoms with Crippen LogP contribution >= 0.6 is 0 Å². The Bertz CT molecular complexity index is 1140. The molecule has 0 aliphatic carbocycles. The van der Waals surface area contributed by atoms with Crippen molar-refractivity contribution in [2.24, 2.45) is 0 Å². The molecule has 0 saturated carbocycles. The van der Waals surface area contributed by atoms with Crippen LogP contribution in [0.1, 0.15) is 233 Å². The molecule has 0 radical (unpaired) electrons. The Morgan fingerprint density at radius 1 is 0.350 bits per heavy atom. The molecule has 0 fully saturated rings. The Kier molecular flexibility index (Phi) is 46.0. The first-order chi connectivity index (χ1) is 29.5. The number of hydrogen-bond acceptors (Lipinski definition) is 6. The molecule has 1 atom stereocenters. The zero-order chi connectivity index (χ0) is 43.7. The third kappa shape index (κ3) is 45.9. The van der Waals surface area contributed by atoms with Gasteiger partial charge in [0.15, 0.2) is 6.10 Å². The van der Waals surface area contributed by atoms with Gasteiger partial charge in [0.2, 0.25) is 0 Å². The summed E-state index contributed by atoms with van der Waals surface area (Å²) in [6, 6.07) is 0. The van der Waals surface area contributed by atoms with Crippen molar-refractivity contribution in [1.29, 1.82) is 0 Å². The minimum atomic E-state index is -0.795. The Morgan fingerprint density at radius 3 is 1.12 bits per heavy atom.